The molecule has 106 valence electrons. The average molecular weight is 299 g/mol. The summed E-state index contributed by atoms with van der Waals surface area (Å²) in [7, 11) is 0. The smallest absolute Gasteiger partial charge is 0.366 e. The Morgan fingerprint density at radius 3 is 2.45 bits per heavy atom. The Morgan fingerprint density at radius 2 is 1.85 bits per heavy atom. The van der Waals surface area contributed by atoms with E-state index in [2.05, 4.69) is 15.3 Å². The van der Waals surface area contributed by atoms with E-state index in [0.29, 0.717) is 6.54 Å². The Morgan fingerprint density at radius 1 is 1.15 bits per heavy atom. The highest BCUT2D eigenvalue weighted by atomic mass is 32.2. The Labute approximate surface area is 118 Å². The molecule has 2 rings (SSSR count). The maximum Gasteiger partial charge on any atom is 0.451 e. The lowest BCUT2D eigenvalue weighted by Crippen LogP contribution is -2.12. The molecule has 3 nitrogen and oxygen atoms in total. The summed E-state index contributed by atoms with van der Waals surface area (Å²) in [5, 5.41) is 2.85. The number of hydrogen-bond acceptors (Lipinski definition) is 4. The van der Waals surface area contributed by atoms with E-state index in [9.17, 15) is 13.2 Å². The number of thioether (sulfide) groups is 1. The first-order valence-corrected chi connectivity index (χ1v) is 6.98. The molecule has 0 aliphatic carbocycles. The third-order valence-corrected chi connectivity index (χ3v) is 3.29. The number of rotatable bonds is 4. The molecule has 0 spiro atoms. The highest BCUT2D eigenvalue weighted by Gasteiger charge is 2.34. The average Bonchev–Trinajstić information content (AvgIpc) is 2.45. The monoisotopic (exact) mass is 299 g/mol. The second kappa shape index (κ2) is 6.13. The SMILES string of the molecule is CSc1ccc(CNc2ccnc(C(F)(F)F)n2)cc1. The van der Waals surface area contributed by atoms with Gasteiger partial charge in [-0.05, 0) is 30.0 Å². The van der Waals surface area contributed by atoms with Crippen LogP contribution in [0.3, 0.4) is 0 Å². The predicted octanol–water partition coefficient (Wildman–Crippen LogP) is 3.83. The second-order valence-corrected chi connectivity index (χ2v) is 4.84. The predicted molar refractivity (Wildman–Crippen MR) is 72.6 cm³/mol. The van der Waals surface area contributed by atoms with Crippen LogP contribution in [0, 0.1) is 0 Å². The van der Waals surface area contributed by atoms with Crippen molar-refractivity contribution in [2.75, 3.05) is 11.6 Å². The van der Waals surface area contributed by atoms with E-state index >= 15 is 0 Å². The molecule has 0 aliphatic heterocycles. The van der Waals surface area contributed by atoms with Gasteiger partial charge in [-0.1, -0.05) is 12.1 Å². The minimum Gasteiger partial charge on any atom is -0.366 e. The minimum absolute atomic E-state index is 0.154. The molecule has 1 aromatic heterocycles. The van der Waals surface area contributed by atoms with Crippen molar-refractivity contribution >= 4 is 17.6 Å². The van der Waals surface area contributed by atoms with E-state index in [-0.39, 0.29) is 5.82 Å². The molecule has 1 heterocycles. The molecule has 7 heteroatoms. The molecule has 0 amide bonds. The number of benzene rings is 1. The van der Waals surface area contributed by atoms with Crippen molar-refractivity contribution in [1.82, 2.24) is 9.97 Å². The van der Waals surface area contributed by atoms with E-state index in [1.54, 1.807) is 11.8 Å². The van der Waals surface area contributed by atoms with Crippen LogP contribution in [-0.4, -0.2) is 16.2 Å². The Bertz CT molecular complexity index is 570. The van der Waals surface area contributed by atoms with E-state index in [1.807, 2.05) is 30.5 Å². The topological polar surface area (TPSA) is 37.8 Å². The molecule has 0 aliphatic rings. The Kier molecular flexibility index (Phi) is 4.49. The van der Waals surface area contributed by atoms with E-state index < -0.39 is 12.0 Å². The summed E-state index contributed by atoms with van der Waals surface area (Å²) in [6.07, 6.45) is -1.46. The third kappa shape index (κ3) is 3.86. The number of anilines is 1. The molecule has 0 radical (unpaired) electrons. The highest BCUT2D eigenvalue weighted by Crippen LogP contribution is 2.26. The van der Waals surface area contributed by atoms with Gasteiger partial charge < -0.3 is 5.32 Å². The van der Waals surface area contributed by atoms with Crippen molar-refractivity contribution in [3.63, 3.8) is 0 Å². The van der Waals surface area contributed by atoms with Crippen LogP contribution in [0.2, 0.25) is 0 Å². The molecular formula is C13H12F3N3S. The Hall–Kier alpha value is -1.76. The fourth-order valence-electron chi connectivity index (χ4n) is 1.53. The lowest BCUT2D eigenvalue weighted by molar-refractivity contribution is -0.144. The number of aromatic nitrogens is 2. The van der Waals surface area contributed by atoms with Gasteiger partial charge in [-0.3, -0.25) is 0 Å². The summed E-state index contributed by atoms with van der Waals surface area (Å²) in [5.41, 5.74) is 0.968. The van der Waals surface area contributed by atoms with Crippen LogP contribution in [0.25, 0.3) is 0 Å². The molecule has 0 bridgehead atoms. The molecule has 1 N–H and O–H groups in total. The van der Waals surface area contributed by atoms with Gasteiger partial charge in [-0.2, -0.15) is 13.2 Å². The van der Waals surface area contributed by atoms with Gasteiger partial charge in [0.2, 0.25) is 5.82 Å². The maximum absolute atomic E-state index is 12.5. The van der Waals surface area contributed by atoms with Crippen LogP contribution in [0.4, 0.5) is 19.0 Å². The Balaban J connectivity index is 2.03. The van der Waals surface area contributed by atoms with E-state index in [4.69, 9.17) is 0 Å². The van der Waals surface area contributed by atoms with Crippen molar-refractivity contribution in [2.45, 2.75) is 17.6 Å². The summed E-state index contributed by atoms with van der Waals surface area (Å²) in [6, 6.07) is 9.17. The third-order valence-electron chi connectivity index (χ3n) is 2.54. The van der Waals surface area contributed by atoms with Crippen LogP contribution in [0.1, 0.15) is 11.4 Å². The van der Waals surface area contributed by atoms with Crippen LogP contribution >= 0.6 is 11.8 Å². The standard InChI is InChI=1S/C13H12F3N3S/c1-20-10-4-2-9(3-5-10)8-18-11-6-7-17-12(19-11)13(14,15)16/h2-7H,8H2,1H3,(H,17,18,19). The largest absolute Gasteiger partial charge is 0.451 e. The molecule has 0 saturated heterocycles. The fourth-order valence-corrected chi connectivity index (χ4v) is 1.94. The molecular weight excluding hydrogens is 287 g/mol. The van der Waals surface area contributed by atoms with Crippen LogP contribution in [0.15, 0.2) is 41.4 Å². The molecule has 0 atom stereocenters. The molecule has 0 saturated carbocycles. The summed E-state index contributed by atoms with van der Waals surface area (Å²) >= 11 is 1.63. The van der Waals surface area contributed by atoms with Crippen molar-refractivity contribution in [3.8, 4) is 0 Å². The first-order chi connectivity index (χ1) is 9.49. The van der Waals surface area contributed by atoms with Crippen LogP contribution in [-0.2, 0) is 12.7 Å². The molecule has 0 unspecified atom stereocenters. The zero-order valence-corrected chi connectivity index (χ0v) is 11.4. The molecule has 20 heavy (non-hydrogen) atoms. The first-order valence-electron chi connectivity index (χ1n) is 5.76. The van der Waals surface area contributed by atoms with Gasteiger partial charge in [0.25, 0.3) is 0 Å². The zero-order valence-electron chi connectivity index (χ0n) is 10.6. The fraction of sp³-hybridized carbons (Fsp3) is 0.231. The van der Waals surface area contributed by atoms with E-state index in [0.717, 1.165) is 16.7 Å². The van der Waals surface area contributed by atoms with Gasteiger partial charge in [-0.15, -0.1) is 11.8 Å². The second-order valence-electron chi connectivity index (χ2n) is 3.96. The van der Waals surface area contributed by atoms with Crippen LogP contribution in [0.5, 0.6) is 0 Å². The van der Waals surface area contributed by atoms with Crippen LogP contribution < -0.4 is 5.32 Å². The summed E-state index contributed by atoms with van der Waals surface area (Å²) in [5.74, 6) is -0.985. The quantitative estimate of drug-likeness (QED) is 0.871. The lowest BCUT2D eigenvalue weighted by Gasteiger charge is -2.09. The van der Waals surface area contributed by atoms with Gasteiger partial charge in [0, 0.05) is 17.6 Å². The number of halogens is 3. The van der Waals surface area contributed by atoms with Gasteiger partial charge in [-0.25, -0.2) is 9.97 Å². The molecule has 0 fully saturated rings. The molecule has 2 aromatic rings. The van der Waals surface area contributed by atoms with Gasteiger partial charge in [0.1, 0.15) is 5.82 Å². The zero-order chi connectivity index (χ0) is 14.6. The number of nitrogens with one attached hydrogen (secondary N) is 1. The summed E-state index contributed by atoms with van der Waals surface area (Å²) < 4.78 is 37.4. The van der Waals surface area contributed by atoms with Crippen molar-refractivity contribution in [3.05, 3.63) is 47.9 Å². The van der Waals surface area contributed by atoms with Gasteiger partial charge in [0.15, 0.2) is 0 Å². The number of nitrogens with zero attached hydrogens (tertiary/aromatic N) is 2. The van der Waals surface area contributed by atoms with Crippen molar-refractivity contribution in [2.24, 2.45) is 0 Å². The van der Waals surface area contributed by atoms with Crippen molar-refractivity contribution < 1.29 is 13.2 Å². The summed E-state index contributed by atoms with van der Waals surface area (Å²) in [6.45, 7) is 0.406. The van der Waals surface area contributed by atoms with E-state index in [1.165, 1.54) is 6.07 Å². The minimum atomic E-state index is -4.53. The maximum atomic E-state index is 12.5. The first kappa shape index (κ1) is 14.6. The van der Waals surface area contributed by atoms with Gasteiger partial charge in [0.05, 0.1) is 0 Å². The highest BCUT2D eigenvalue weighted by molar-refractivity contribution is 7.98. The number of alkyl halides is 3. The summed E-state index contributed by atoms with van der Waals surface area (Å²) in [4.78, 5) is 7.79. The lowest BCUT2D eigenvalue weighted by atomic mass is 10.2. The van der Waals surface area contributed by atoms with Crippen molar-refractivity contribution in [1.29, 1.82) is 0 Å². The normalized spacial score (nSPS) is 11.4. The molecule has 1 aromatic carbocycles. The number of hydrogen-bond donors (Lipinski definition) is 1. The van der Waals surface area contributed by atoms with Gasteiger partial charge >= 0.3 is 6.18 Å².